The average molecular weight is 236 g/mol. The molecule has 17 heavy (non-hydrogen) atoms. The first-order valence-corrected chi connectivity index (χ1v) is 6.14. The molecule has 5 nitrogen and oxygen atoms in total. The van der Waals surface area contributed by atoms with Crippen molar-refractivity contribution in [1.29, 1.82) is 0 Å². The Morgan fingerprint density at radius 3 is 2.71 bits per heavy atom. The number of aromatic nitrogens is 2. The molecule has 0 radical (unpaired) electrons. The van der Waals surface area contributed by atoms with Crippen LogP contribution in [-0.2, 0) is 13.6 Å². The number of piperidine rings is 1. The molecular formula is C12H20N4O. The molecule has 1 aromatic rings. The molecule has 1 saturated heterocycles. The Kier molecular flexibility index (Phi) is 3.66. The van der Waals surface area contributed by atoms with Crippen molar-refractivity contribution in [3.8, 4) is 0 Å². The van der Waals surface area contributed by atoms with Crippen LogP contribution in [0.2, 0.25) is 0 Å². The molecule has 1 fully saturated rings. The molecule has 0 N–H and O–H groups in total. The summed E-state index contributed by atoms with van der Waals surface area (Å²) < 4.78 is 1.76. The van der Waals surface area contributed by atoms with E-state index in [0.29, 0.717) is 6.54 Å². The standard InChI is InChI=1S/C12H20N4O/c1-14(9-11-8-13-15(2)10-11)12(17)16-6-4-3-5-7-16/h8,10H,3-7,9H2,1-2H3. The van der Waals surface area contributed by atoms with Gasteiger partial charge in [-0.2, -0.15) is 5.10 Å². The number of likely N-dealkylation sites (tertiary alicyclic amines) is 1. The summed E-state index contributed by atoms with van der Waals surface area (Å²) in [4.78, 5) is 15.8. The minimum absolute atomic E-state index is 0.133. The summed E-state index contributed by atoms with van der Waals surface area (Å²) in [5, 5.41) is 4.11. The van der Waals surface area contributed by atoms with Gasteiger partial charge in [-0.3, -0.25) is 4.68 Å². The second-order valence-corrected chi connectivity index (χ2v) is 4.71. The van der Waals surface area contributed by atoms with Gasteiger partial charge in [0.15, 0.2) is 0 Å². The lowest BCUT2D eigenvalue weighted by molar-refractivity contribution is 0.151. The fourth-order valence-electron chi connectivity index (χ4n) is 2.22. The van der Waals surface area contributed by atoms with E-state index in [9.17, 15) is 4.79 Å². The molecule has 1 aromatic heterocycles. The highest BCUT2D eigenvalue weighted by atomic mass is 16.2. The van der Waals surface area contributed by atoms with Crippen molar-refractivity contribution in [3.05, 3.63) is 18.0 Å². The number of hydrogen-bond donors (Lipinski definition) is 0. The minimum Gasteiger partial charge on any atom is -0.325 e. The summed E-state index contributed by atoms with van der Waals surface area (Å²) in [6, 6.07) is 0.133. The van der Waals surface area contributed by atoms with Crippen LogP contribution in [0.5, 0.6) is 0 Å². The number of nitrogens with zero attached hydrogens (tertiary/aromatic N) is 4. The Morgan fingerprint density at radius 2 is 2.12 bits per heavy atom. The normalized spacial score (nSPS) is 16.0. The highest BCUT2D eigenvalue weighted by Crippen LogP contribution is 2.12. The van der Waals surface area contributed by atoms with E-state index in [4.69, 9.17) is 0 Å². The van der Waals surface area contributed by atoms with Crippen LogP contribution in [-0.4, -0.2) is 45.7 Å². The first kappa shape index (κ1) is 12.0. The Morgan fingerprint density at radius 1 is 1.41 bits per heavy atom. The number of hydrogen-bond acceptors (Lipinski definition) is 2. The highest BCUT2D eigenvalue weighted by molar-refractivity contribution is 5.74. The van der Waals surface area contributed by atoms with Gasteiger partial charge in [0, 0.05) is 38.9 Å². The number of amides is 2. The summed E-state index contributed by atoms with van der Waals surface area (Å²) in [5.74, 6) is 0. The van der Waals surface area contributed by atoms with E-state index in [-0.39, 0.29) is 6.03 Å². The van der Waals surface area contributed by atoms with E-state index in [2.05, 4.69) is 5.10 Å². The summed E-state index contributed by atoms with van der Waals surface area (Å²) in [6.07, 6.45) is 7.26. The van der Waals surface area contributed by atoms with Gasteiger partial charge in [-0.05, 0) is 19.3 Å². The molecule has 5 heteroatoms. The van der Waals surface area contributed by atoms with Gasteiger partial charge in [-0.15, -0.1) is 0 Å². The van der Waals surface area contributed by atoms with Gasteiger partial charge in [-0.1, -0.05) is 0 Å². The van der Waals surface area contributed by atoms with Crippen molar-refractivity contribution in [2.24, 2.45) is 7.05 Å². The van der Waals surface area contributed by atoms with Crippen molar-refractivity contribution in [2.45, 2.75) is 25.8 Å². The quantitative estimate of drug-likeness (QED) is 0.780. The zero-order valence-electron chi connectivity index (χ0n) is 10.6. The second kappa shape index (κ2) is 5.21. The van der Waals surface area contributed by atoms with E-state index in [1.165, 1.54) is 6.42 Å². The van der Waals surface area contributed by atoms with Crippen LogP contribution in [0.25, 0.3) is 0 Å². The average Bonchev–Trinajstić information content (AvgIpc) is 2.75. The third kappa shape index (κ3) is 2.99. The zero-order chi connectivity index (χ0) is 12.3. The fraction of sp³-hybridized carbons (Fsp3) is 0.667. The van der Waals surface area contributed by atoms with E-state index in [1.54, 1.807) is 15.8 Å². The first-order valence-electron chi connectivity index (χ1n) is 6.14. The smallest absolute Gasteiger partial charge is 0.320 e. The van der Waals surface area contributed by atoms with Gasteiger partial charge in [0.25, 0.3) is 0 Å². The Bertz CT molecular complexity index is 382. The van der Waals surface area contributed by atoms with Crippen LogP contribution in [0.1, 0.15) is 24.8 Å². The van der Waals surface area contributed by atoms with Crippen LogP contribution in [0.3, 0.4) is 0 Å². The topological polar surface area (TPSA) is 41.4 Å². The maximum atomic E-state index is 12.1. The van der Waals surface area contributed by atoms with Gasteiger partial charge in [-0.25, -0.2) is 4.79 Å². The molecule has 2 heterocycles. The lowest BCUT2D eigenvalue weighted by Gasteiger charge is -2.30. The fourth-order valence-corrected chi connectivity index (χ4v) is 2.22. The molecule has 2 rings (SSSR count). The molecule has 1 aliphatic rings. The summed E-state index contributed by atoms with van der Waals surface area (Å²) in [7, 11) is 3.74. The van der Waals surface area contributed by atoms with E-state index < -0.39 is 0 Å². The van der Waals surface area contributed by atoms with Crippen LogP contribution < -0.4 is 0 Å². The maximum absolute atomic E-state index is 12.1. The van der Waals surface area contributed by atoms with Crippen molar-refractivity contribution in [2.75, 3.05) is 20.1 Å². The molecular weight excluding hydrogens is 216 g/mol. The Hall–Kier alpha value is -1.52. The molecule has 0 spiro atoms. The summed E-state index contributed by atoms with van der Waals surface area (Å²) >= 11 is 0. The third-order valence-electron chi connectivity index (χ3n) is 3.13. The molecule has 0 atom stereocenters. The minimum atomic E-state index is 0.133. The molecule has 0 aromatic carbocycles. The van der Waals surface area contributed by atoms with E-state index in [1.807, 2.05) is 25.2 Å². The lowest BCUT2D eigenvalue weighted by Crippen LogP contribution is -2.43. The summed E-state index contributed by atoms with van der Waals surface area (Å²) in [6.45, 7) is 2.43. The van der Waals surface area contributed by atoms with Gasteiger partial charge in [0.1, 0.15) is 0 Å². The van der Waals surface area contributed by atoms with Gasteiger partial charge in [0.05, 0.1) is 12.7 Å². The van der Waals surface area contributed by atoms with Crippen LogP contribution in [0.4, 0.5) is 4.79 Å². The number of rotatable bonds is 2. The zero-order valence-corrected chi connectivity index (χ0v) is 10.6. The van der Waals surface area contributed by atoms with Crippen LogP contribution >= 0.6 is 0 Å². The van der Waals surface area contributed by atoms with Crippen LogP contribution in [0, 0.1) is 0 Å². The Balaban J connectivity index is 1.90. The summed E-state index contributed by atoms with van der Waals surface area (Å²) in [5.41, 5.74) is 1.07. The third-order valence-corrected chi connectivity index (χ3v) is 3.13. The van der Waals surface area contributed by atoms with Crippen molar-refractivity contribution in [1.82, 2.24) is 19.6 Å². The first-order chi connectivity index (χ1) is 8.16. The predicted octanol–water partition coefficient (Wildman–Crippen LogP) is 1.46. The maximum Gasteiger partial charge on any atom is 0.320 e. The van der Waals surface area contributed by atoms with Crippen molar-refractivity contribution < 1.29 is 4.79 Å². The molecule has 94 valence electrons. The highest BCUT2D eigenvalue weighted by Gasteiger charge is 2.20. The number of aryl methyl sites for hydroxylation is 1. The monoisotopic (exact) mass is 236 g/mol. The largest absolute Gasteiger partial charge is 0.325 e. The van der Waals surface area contributed by atoms with Crippen molar-refractivity contribution >= 4 is 6.03 Å². The van der Waals surface area contributed by atoms with Crippen LogP contribution in [0.15, 0.2) is 12.4 Å². The molecule has 2 amide bonds. The van der Waals surface area contributed by atoms with Gasteiger partial charge < -0.3 is 9.80 Å². The molecule has 1 aliphatic heterocycles. The molecule has 0 saturated carbocycles. The SMILES string of the molecule is CN(Cc1cnn(C)c1)C(=O)N1CCCCC1. The Labute approximate surface area is 102 Å². The number of carbonyl (C=O) groups excluding carboxylic acids is 1. The van der Waals surface area contributed by atoms with Crippen molar-refractivity contribution in [3.63, 3.8) is 0 Å². The molecule has 0 unspecified atom stereocenters. The second-order valence-electron chi connectivity index (χ2n) is 4.71. The molecule has 0 aliphatic carbocycles. The van der Waals surface area contributed by atoms with Gasteiger partial charge >= 0.3 is 6.03 Å². The van der Waals surface area contributed by atoms with Gasteiger partial charge in [0.2, 0.25) is 0 Å². The predicted molar refractivity (Wildman–Crippen MR) is 65.5 cm³/mol. The lowest BCUT2D eigenvalue weighted by atomic mass is 10.1. The number of urea groups is 1. The van der Waals surface area contributed by atoms with E-state index in [0.717, 1.165) is 31.5 Å². The van der Waals surface area contributed by atoms with E-state index >= 15 is 0 Å². The number of carbonyl (C=O) groups is 1. The molecule has 0 bridgehead atoms.